The first kappa shape index (κ1) is 12.4. The zero-order valence-corrected chi connectivity index (χ0v) is 10.6. The van der Waals surface area contributed by atoms with Crippen LogP contribution in [0.2, 0.25) is 0 Å². The molecule has 0 aliphatic heterocycles. The molecular formula is C12H15N3O3. The summed E-state index contributed by atoms with van der Waals surface area (Å²) in [5, 5.41) is 3.90. The fraction of sp³-hybridized carbons (Fsp3) is 0.333. The monoisotopic (exact) mass is 249 g/mol. The van der Waals surface area contributed by atoms with Crippen molar-refractivity contribution in [1.82, 2.24) is 10.1 Å². The number of hydrogen-bond donors (Lipinski definition) is 1. The van der Waals surface area contributed by atoms with Crippen LogP contribution in [0, 0.1) is 6.92 Å². The molecule has 0 amide bonds. The zero-order chi connectivity index (χ0) is 13.1. The lowest BCUT2D eigenvalue weighted by molar-refractivity contribution is 0.355. The number of aryl methyl sites for hydroxylation is 1. The minimum absolute atomic E-state index is 0.207. The zero-order valence-electron chi connectivity index (χ0n) is 10.6. The molecule has 0 fully saturated rings. The van der Waals surface area contributed by atoms with Gasteiger partial charge in [0.05, 0.1) is 26.3 Å². The molecule has 0 spiro atoms. The second kappa shape index (κ2) is 5.05. The topological polar surface area (TPSA) is 83.4 Å². The van der Waals surface area contributed by atoms with Gasteiger partial charge < -0.3 is 19.7 Å². The molecule has 0 saturated heterocycles. The molecule has 1 heterocycles. The highest BCUT2D eigenvalue weighted by molar-refractivity contribution is 5.72. The molecule has 1 aromatic carbocycles. The van der Waals surface area contributed by atoms with Crippen LogP contribution < -0.4 is 15.2 Å². The van der Waals surface area contributed by atoms with Gasteiger partial charge in [0.1, 0.15) is 0 Å². The Balaban J connectivity index is 2.61. The third-order valence-corrected chi connectivity index (χ3v) is 2.62. The molecule has 0 bridgehead atoms. The van der Waals surface area contributed by atoms with Crippen molar-refractivity contribution in [2.24, 2.45) is 5.73 Å². The van der Waals surface area contributed by atoms with E-state index in [1.165, 1.54) is 0 Å². The Morgan fingerprint density at radius 3 is 2.61 bits per heavy atom. The molecule has 2 aromatic rings. The van der Waals surface area contributed by atoms with Gasteiger partial charge in [-0.1, -0.05) is 11.2 Å². The average Bonchev–Trinajstić information content (AvgIpc) is 2.86. The van der Waals surface area contributed by atoms with Crippen LogP contribution in [0.15, 0.2) is 16.7 Å². The van der Waals surface area contributed by atoms with Crippen LogP contribution in [0.4, 0.5) is 0 Å². The molecule has 6 heteroatoms. The van der Waals surface area contributed by atoms with Crippen molar-refractivity contribution in [3.63, 3.8) is 0 Å². The third-order valence-electron chi connectivity index (χ3n) is 2.62. The molecule has 0 radical (unpaired) electrons. The van der Waals surface area contributed by atoms with Crippen molar-refractivity contribution in [2.45, 2.75) is 13.5 Å². The van der Waals surface area contributed by atoms with E-state index in [2.05, 4.69) is 10.1 Å². The first-order valence-electron chi connectivity index (χ1n) is 5.45. The predicted octanol–water partition coefficient (Wildman–Crippen LogP) is 1.52. The highest BCUT2D eigenvalue weighted by atomic mass is 16.5. The Labute approximate surface area is 105 Å². The summed E-state index contributed by atoms with van der Waals surface area (Å²) in [6, 6.07) is 3.75. The van der Waals surface area contributed by atoms with E-state index in [1.807, 2.05) is 19.1 Å². The molecular weight excluding hydrogens is 234 g/mol. The lowest BCUT2D eigenvalue weighted by Crippen LogP contribution is -1.98. The van der Waals surface area contributed by atoms with Crippen LogP contribution >= 0.6 is 0 Å². The van der Waals surface area contributed by atoms with Gasteiger partial charge in [0, 0.05) is 0 Å². The molecule has 1 aromatic heterocycles. The molecule has 96 valence electrons. The summed E-state index contributed by atoms with van der Waals surface area (Å²) >= 11 is 0. The minimum atomic E-state index is 0.207. The number of benzene rings is 1. The van der Waals surface area contributed by atoms with Crippen molar-refractivity contribution in [3.8, 4) is 22.9 Å². The van der Waals surface area contributed by atoms with Gasteiger partial charge in [0.15, 0.2) is 11.5 Å². The first-order valence-corrected chi connectivity index (χ1v) is 5.45. The smallest absolute Gasteiger partial charge is 0.240 e. The van der Waals surface area contributed by atoms with Crippen LogP contribution in [0.5, 0.6) is 11.5 Å². The van der Waals surface area contributed by atoms with Gasteiger partial charge in [-0.25, -0.2) is 0 Å². The van der Waals surface area contributed by atoms with Crippen LogP contribution in [0.25, 0.3) is 11.4 Å². The summed E-state index contributed by atoms with van der Waals surface area (Å²) in [5.41, 5.74) is 7.17. The van der Waals surface area contributed by atoms with E-state index >= 15 is 0 Å². The summed E-state index contributed by atoms with van der Waals surface area (Å²) in [7, 11) is 3.16. The van der Waals surface area contributed by atoms with Gasteiger partial charge in [0.25, 0.3) is 0 Å². The van der Waals surface area contributed by atoms with E-state index < -0.39 is 0 Å². The standard InChI is InChI=1S/C12H15N3O3/c1-7-4-5-8(16-2)11(17-3)10(7)12-14-9(6-13)18-15-12/h4-5H,6,13H2,1-3H3. The first-order chi connectivity index (χ1) is 8.71. The number of rotatable bonds is 4. The maximum Gasteiger partial charge on any atom is 0.240 e. The predicted molar refractivity (Wildman–Crippen MR) is 65.5 cm³/mol. The van der Waals surface area contributed by atoms with E-state index in [4.69, 9.17) is 19.7 Å². The highest BCUT2D eigenvalue weighted by Gasteiger charge is 2.19. The van der Waals surface area contributed by atoms with Crippen LogP contribution in [0.3, 0.4) is 0 Å². The molecule has 2 rings (SSSR count). The molecule has 2 N–H and O–H groups in total. The molecule has 6 nitrogen and oxygen atoms in total. The Morgan fingerprint density at radius 2 is 2.06 bits per heavy atom. The Hall–Kier alpha value is -2.08. The Morgan fingerprint density at radius 1 is 1.28 bits per heavy atom. The van der Waals surface area contributed by atoms with E-state index in [0.29, 0.717) is 23.2 Å². The van der Waals surface area contributed by atoms with E-state index in [1.54, 1.807) is 14.2 Å². The number of nitrogens with two attached hydrogens (primary N) is 1. The third kappa shape index (κ3) is 2.02. The molecule has 0 unspecified atom stereocenters. The van der Waals surface area contributed by atoms with E-state index in [9.17, 15) is 0 Å². The van der Waals surface area contributed by atoms with E-state index in [0.717, 1.165) is 11.1 Å². The fourth-order valence-electron chi connectivity index (χ4n) is 1.74. The van der Waals surface area contributed by atoms with Gasteiger partial charge in [-0.2, -0.15) is 4.98 Å². The molecule has 18 heavy (non-hydrogen) atoms. The van der Waals surface area contributed by atoms with Crippen molar-refractivity contribution in [3.05, 3.63) is 23.6 Å². The van der Waals surface area contributed by atoms with Gasteiger partial charge in [-0.05, 0) is 18.6 Å². The largest absolute Gasteiger partial charge is 0.493 e. The Bertz CT molecular complexity index is 551. The lowest BCUT2D eigenvalue weighted by atomic mass is 10.1. The highest BCUT2D eigenvalue weighted by Crippen LogP contribution is 2.38. The SMILES string of the molecule is COc1ccc(C)c(-c2noc(CN)n2)c1OC. The minimum Gasteiger partial charge on any atom is -0.493 e. The van der Waals surface area contributed by atoms with Crippen LogP contribution in [0.1, 0.15) is 11.5 Å². The van der Waals surface area contributed by atoms with Gasteiger partial charge in [-0.15, -0.1) is 0 Å². The van der Waals surface area contributed by atoms with Crippen LogP contribution in [-0.4, -0.2) is 24.4 Å². The summed E-state index contributed by atoms with van der Waals surface area (Å²) < 4.78 is 15.6. The van der Waals surface area contributed by atoms with E-state index in [-0.39, 0.29) is 6.54 Å². The molecule has 0 aliphatic rings. The normalized spacial score (nSPS) is 10.4. The molecule has 0 atom stereocenters. The number of methoxy groups -OCH3 is 2. The lowest BCUT2D eigenvalue weighted by Gasteiger charge is -2.12. The van der Waals surface area contributed by atoms with Crippen molar-refractivity contribution in [2.75, 3.05) is 14.2 Å². The van der Waals surface area contributed by atoms with Gasteiger partial charge in [0.2, 0.25) is 11.7 Å². The number of nitrogens with zero attached hydrogens (tertiary/aromatic N) is 2. The summed E-state index contributed by atoms with van der Waals surface area (Å²) in [6.45, 7) is 2.15. The van der Waals surface area contributed by atoms with Gasteiger partial charge >= 0.3 is 0 Å². The number of ether oxygens (including phenoxy) is 2. The van der Waals surface area contributed by atoms with Crippen molar-refractivity contribution in [1.29, 1.82) is 0 Å². The number of hydrogen-bond acceptors (Lipinski definition) is 6. The maximum absolute atomic E-state index is 5.45. The number of aromatic nitrogens is 2. The second-order valence-corrected chi connectivity index (χ2v) is 3.71. The summed E-state index contributed by atoms with van der Waals surface area (Å²) in [5.74, 6) is 2.04. The Kier molecular flexibility index (Phi) is 3.47. The summed E-state index contributed by atoms with van der Waals surface area (Å²) in [4.78, 5) is 4.21. The van der Waals surface area contributed by atoms with Crippen molar-refractivity contribution >= 4 is 0 Å². The quantitative estimate of drug-likeness (QED) is 0.884. The van der Waals surface area contributed by atoms with Gasteiger partial charge in [-0.3, -0.25) is 0 Å². The molecule has 0 saturated carbocycles. The average molecular weight is 249 g/mol. The van der Waals surface area contributed by atoms with Crippen molar-refractivity contribution < 1.29 is 14.0 Å². The molecule has 0 aliphatic carbocycles. The fourth-order valence-corrected chi connectivity index (χ4v) is 1.74. The maximum atomic E-state index is 5.45. The summed E-state index contributed by atoms with van der Waals surface area (Å²) in [6.07, 6.45) is 0. The van der Waals surface area contributed by atoms with Crippen LogP contribution in [-0.2, 0) is 6.54 Å². The second-order valence-electron chi connectivity index (χ2n) is 3.71.